The average molecular weight is 613 g/mol. The van der Waals surface area contributed by atoms with Gasteiger partial charge < -0.3 is 14.4 Å². The van der Waals surface area contributed by atoms with Crippen molar-refractivity contribution in [1.82, 2.24) is 0 Å². The molecule has 0 aliphatic carbocycles. The summed E-state index contributed by atoms with van der Waals surface area (Å²) in [6, 6.07) is 0. The van der Waals surface area contributed by atoms with E-state index < -0.39 is 20.4 Å². The zero-order valence-corrected chi connectivity index (χ0v) is 27.1. The summed E-state index contributed by atoms with van der Waals surface area (Å²) in [6.45, 7) is 4.51. The van der Waals surface area contributed by atoms with Crippen LogP contribution in [-0.4, -0.2) is 30.7 Å². The molecule has 1 fully saturated rings. The molecule has 11 heteroatoms. The molecule has 1 unspecified atom stereocenters. The highest BCUT2D eigenvalue weighted by Crippen LogP contribution is 2.45. The van der Waals surface area contributed by atoms with Gasteiger partial charge in [0.15, 0.2) is 0 Å². The Labute approximate surface area is 249 Å². The molecule has 0 saturated carbocycles. The molecule has 0 bridgehead atoms. The van der Waals surface area contributed by atoms with Crippen LogP contribution < -0.4 is 0 Å². The summed E-state index contributed by atoms with van der Waals surface area (Å²) in [5.41, 5.74) is 0. The molecule has 0 aromatic rings. The summed E-state index contributed by atoms with van der Waals surface area (Å²) in [6.07, 6.45) is 29.4. The Kier molecular flexibility index (Phi) is 26.0. The van der Waals surface area contributed by atoms with Crippen molar-refractivity contribution in [2.24, 2.45) is 0 Å². The van der Waals surface area contributed by atoms with Gasteiger partial charge in [-0.15, -0.1) is 4.89 Å². The van der Waals surface area contributed by atoms with Crippen molar-refractivity contribution in [3.05, 3.63) is 0 Å². The van der Waals surface area contributed by atoms with Gasteiger partial charge in [0, 0.05) is 0 Å². The number of hydrogen-bond donors (Lipinski definition) is 1. The van der Waals surface area contributed by atoms with Crippen molar-refractivity contribution in [2.45, 2.75) is 174 Å². The van der Waals surface area contributed by atoms with Crippen LogP contribution in [0, 0.1) is 0 Å². The Balaban J connectivity index is 2.25. The largest absolute Gasteiger partial charge is 0.502 e. The van der Waals surface area contributed by atoms with E-state index in [-0.39, 0.29) is 0 Å². The number of rotatable bonds is 28. The average Bonchev–Trinajstić information content (AvgIpc) is 3.03. The first kappa shape index (κ1) is 38.9. The first-order chi connectivity index (χ1) is 20.0. The molecule has 0 radical (unpaired) electrons. The van der Waals surface area contributed by atoms with Gasteiger partial charge in [0.05, 0.1) is 13.2 Å². The fourth-order valence-corrected chi connectivity index (χ4v) is 5.31. The Hall–Kier alpha value is -0.130. The minimum absolute atomic E-state index is 0.292. The Morgan fingerprint density at radius 2 is 0.927 bits per heavy atom. The minimum Gasteiger partial charge on any atom is -0.324 e. The lowest BCUT2D eigenvalue weighted by Gasteiger charge is -2.29. The minimum atomic E-state index is -4.58. The van der Waals surface area contributed by atoms with E-state index >= 15 is 0 Å². The van der Waals surface area contributed by atoms with Gasteiger partial charge in [-0.05, 0) is 28.0 Å². The second-order valence-corrected chi connectivity index (χ2v) is 12.6. The lowest BCUT2D eigenvalue weighted by Crippen LogP contribution is -2.44. The quantitative estimate of drug-likeness (QED) is 0.0396. The smallest absolute Gasteiger partial charge is 0.324 e. The zero-order valence-electron chi connectivity index (χ0n) is 26.2. The second-order valence-electron chi connectivity index (χ2n) is 11.3. The summed E-state index contributed by atoms with van der Waals surface area (Å²) in [7, 11) is -4.58. The second kappa shape index (κ2) is 27.4. The molecule has 246 valence electrons. The third kappa shape index (κ3) is 23.9. The third-order valence-corrected chi connectivity index (χ3v) is 8.09. The van der Waals surface area contributed by atoms with Crippen molar-refractivity contribution >= 4 is 7.82 Å². The molecule has 1 aliphatic heterocycles. The van der Waals surface area contributed by atoms with Crippen molar-refractivity contribution in [3.8, 4) is 0 Å². The van der Waals surface area contributed by atoms with Crippen LogP contribution in [0.2, 0.25) is 0 Å². The van der Waals surface area contributed by atoms with Crippen LogP contribution in [0.1, 0.15) is 168 Å². The van der Waals surface area contributed by atoms with Crippen LogP contribution in [0.15, 0.2) is 0 Å². The Morgan fingerprint density at radius 3 is 1.32 bits per heavy atom. The van der Waals surface area contributed by atoms with Crippen molar-refractivity contribution < 1.29 is 48.1 Å². The summed E-state index contributed by atoms with van der Waals surface area (Å²) in [4.78, 5) is 14.8. The first-order valence-electron chi connectivity index (χ1n) is 16.7. The molecular formula is C30H61O10P. The van der Waals surface area contributed by atoms with Crippen molar-refractivity contribution in [1.29, 1.82) is 0 Å². The van der Waals surface area contributed by atoms with Gasteiger partial charge >= 0.3 is 13.8 Å². The van der Waals surface area contributed by atoms with E-state index in [4.69, 9.17) is 18.9 Å². The Bertz CT molecular complexity index is 580. The van der Waals surface area contributed by atoms with Gasteiger partial charge in [-0.1, -0.05) is 160 Å². The van der Waals surface area contributed by atoms with Crippen LogP contribution >= 0.6 is 7.82 Å². The molecule has 10 nitrogen and oxygen atoms in total. The van der Waals surface area contributed by atoms with Crippen LogP contribution in [0.5, 0.6) is 0 Å². The predicted molar refractivity (Wildman–Crippen MR) is 158 cm³/mol. The van der Waals surface area contributed by atoms with Gasteiger partial charge in [-0.25, -0.2) is 4.57 Å². The number of hydrogen-bond acceptors (Lipinski definition) is 9. The van der Waals surface area contributed by atoms with Gasteiger partial charge in [-0.3, -0.25) is 4.52 Å². The maximum Gasteiger partial charge on any atom is 0.502 e. The van der Waals surface area contributed by atoms with E-state index in [9.17, 15) is 9.46 Å². The van der Waals surface area contributed by atoms with E-state index in [1.54, 1.807) is 0 Å². The topological polar surface area (TPSA) is 111 Å². The molecule has 1 rings (SSSR count). The van der Waals surface area contributed by atoms with Gasteiger partial charge in [0.25, 0.3) is 0 Å². The normalized spacial score (nSPS) is 19.6. The maximum absolute atomic E-state index is 11.9. The number of phosphoric ester groups is 1. The van der Waals surface area contributed by atoms with Crippen LogP contribution in [0.25, 0.3) is 0 Å². The molecule has 1 aliphatic rings. The van der Waals surface area contributed by atoms with E-state index in [0.717, 1.165) is 38.5 Å². The van der Waals surface area contributed by atoms with Gasteiger partial charge in [0.1, 0.15) is 6.61 Å². The first-order valence-corrected chi connectivity index (χ1v) is 18.2. The molecule has 41 heavy (non-hydrogen) atoms. The molecule has 0 spiro atoms. The molecule has 1 N–H and O–H groups in total. The number of phosphoric acid groups is 1. The molecule has 0 aromatic heterocycles. The molecular weight excluding hydrogens is 551 g/mol. The van der Waals surface area contributed by atoms with E-state index in [1.165, 1.54) is 116 Å². The summed E-state index contributed by atoms with van der Waals surface area (Å²) >= 11 is 0. The lowest BCUT2D eigenvalue weighted by atomic mass is 10.1. The van der Waals surface area contributed by atoms with E-state index in [1.807, 2.05) is 0 Å². The van der Waals surface area contributed by atoms with Crippen LogP contribution in [0.3, 0.4) is 0 Å². The molecule has 1 heterocycles. The van der Waals surface area contributed by atoms with Crippen molar-refractivity contribution in [2.75, 3.05) is 19.8 Å². The SMILES string of the molecule is CCCCCCCCCCCCCCOC1(OCCCCCCCCCCCCCC)COP(=O)(O)OOOOO1. The monoisotopic (exact) mass is 612 g/mol. The zero-order chi connectivity index (χ0) is 29.7. The van der Waals surface area contributed by atoms with Crippen molar-refractivity contribution in [3.63, 3.8) is 0 Å². The fourth-order valence-electron chi connectivity index (χ4n) is 4.85. The third-order valence-electron chi connectivity index (χ3n) is 7.39. The Morgan fingerprint density at radius 1 is 0.561 bits per heavy atom. The van der Waals surface area contributed by atoms with Crippen LogP contribution in [-0.2, 0) is 43.2 Å². The summed E-state index contributed by atoms with van der Waals surface area (Å²) in [5.74, 6) is -1.88. The highest BCUT2D eigenvalue weighted by molar-refractivity contribution is 7.47. The number of ether oxygens (including phenoxy) is 2. The maximum atomic E-state index is 11.9. The molecule has 0 amide bonds. The van der Waals surface area contributed by atoms with Gasteiger partial charge in [0.2, 0.25) is 0 Å². The highest BCUT2D eigenvalue weighted by Gasteiger charge is 2.42. The molecule has 0 aromatic carbocycles. The van der Waals surface area contributed by atoms with Crippen LogP contribution in [0.4, 0.5) is 0 Å². The molecule has 1 atom stereocenters. The molecule has 1 saturated heterocycles. The van der Waals surface area contributed by atoms with Gasteiger partial charge in [-0.2, -0.15) is 0 Å². The van der Waals surface area contributed by atoms with E-state index in [2.05, 4.69) is 33.6 Å². The summed E-state index contributed by atoms with van der Waals surface area (Å²) < 4.78 is 32.6. The fraction of sp³-hybridized carbons (Fsp3) is 1.00. The highest BCUT2D eigenvalue weighted by atomic mass is 31.2. The lowest BCUT2D eigenvalue weighted by molar-refractivity contribution is -0.725. The van der Waals surface area contributed by atoms with E-state index in [0.29, 0.717) is 13.2 Å². The predicted octanol–water partition coefficient (Wildman–Crippen LogP) is 9.95. The number of unbranched alkanes of at least 4 members (excludes halogenated alkanes) is 22. The summed E-state index contributed by atoms with van der Waals surface area (Å²) in [5, 5.41) is 12.7. The standard InChI is InChI=1S/C30H61O10P/c1-3-5-7-9-11-13-15-17-19-21-23-25-27-33-30(29-35-41(31,32)40-39-38-37-36-30)34-28-26-24-22-20-18-16-14-12-10-8-6-4-2/h3-29H2,1-2H3,(H,31,32).